The van der Waals surface area contributed by atoms with Crippen LogP contribution in [0.1, 0.15) is 25.1 Å². The number of halogens is 1. The summed E-state index contributed by atoms with van der Waals surface area (Å²) in [4.78, 5) is 12.3. The molecule has 2 N–H and O–H groups in total. The zero-order valence-electron chi connectivity index (χ0n) is 11.4. The summed E-state index contributed by atoms with van der Waals surface area (Å²) < 4.78 is 16.6. The fourth-order valence-corrected chi connectivity index (χ4v) is 2.41. The molecule has 0 amide bonds. The van der Waals surface area contributed by atoms with Crippen LogP contribution < -0.4 is 11.3 Å². The number of benzene rings is 1. The summed E-state index contributed by atoms with van der Waals surface area (Å²) in [5.41, 5.74) is 8.10. The van der Waals surface area contributed by atoms with Crippen molar-refractivity contribution in [2.75, 3.05) is 5.73 Å². The number of rotatable bonds is 3. The zero-order chi connectivity index (χ0) is 14.2. The van der Waals surface area contributed by atoms with Gasteiger partial charge in [-0.3, -0.25) is 9.48 Å². The van der Waals surface area contributed by atoms with Gasteiger partial charge >= 0.3 is 0 Å². The van der Waals surface area contributed by atoms with E-state index < -0.39 is 0 Å². The van der Waals surface area contributed by atoms with Crippen molar-refractivity contribution in [2.45, 2.75) is 33.7 Å². The number of aromatic nitrogens is 2. The monoisotopic (exact) mass is 263 g/mol. The van der Waals surface area contributed by atoms with Gasteiger partial charge in [-0.25, -0.2) is 9.07 Å². The predicted molar refractivity (Wildman–Crippen MR) is 74.2 cm³/mol. The highest BCUT2D eigenvalue weighted by molar-refractivity contribution is 5.48. The van der Waals surface area contributed by atoms with Crippen molar-refractivity contribution >= 4 is 5.69 Å². The van der Waals surface area contributed by atoms with E-state index in [1.54, 1.807) is 13.0 Å². The molecule has 1 aromatic heterocycles. The Hall–Kier alpha value is -2.04. The summed E-state index contributed by atoms with van der Waals surface area (Å²) in [6.45, 7) is 6.32. The number of nitrogens with zero attached hydrogens (tertiary/aromatic N) is 2. The standard InChI is InChI=1S/C14H18FN3O/c1-4-11-13(16)14(19)18(17(11)5-2)12-7-6-10(15)8-9(12)3/h6-8H,4-5,16H2,1-3H3. The van der Waals surface area contributed by atoms with Gasteiger partial charge in [0.05, 0.1) is 11.4 Å². The van der Waals surface area contributed by atoms with E-state index in [0.717, 1.165) is 5.69 Å². The van der Waals surface area contributed by atoms with Crippen molar-refractivity contribution in [3.05, 3.63) is 45.6 Å². The molecule has 2 rings (SSSR count). The maximum Gasteiger partial charge on any atom is 0.294 e. The molecule has 102 valence electrons. The van der Waals surface area contributed by atoms with Crippen molar-refractivity contribution in [3.63, 3.8) is 0 Å². The molecule has 2 aromatic rings. The third-order valence-electron chi connectivity index (χ3n) is 3.31. The van der Waals surface area contributed by atoms with E-state index in [1.807, 2.05) is 18.5 Å². The zero-order valence-corrected chi connectivity index (χ0v) is 11.4. The van der Waals surface area contributed by atoms with Crippen molar-refractivity contribution < 1.29 is 4.39 Å². The molecule has 5 heteroatoms. The second-order valence-corrected chi connectivity index (χ2v) is 4.48. The lowest BCUT2D eigenvalue weighted by molar-refractivity contribution is 0.548. The maximum absolute atomic E-state index is 13.2. The van der Waals surface area contributed by atoms with Crippen LogP contribution >= 0.6 is 0 Å². The lowest BCUT2D eigenvalue weighted by atomic mass is 10.2. The van der Waals surface area contributed by atoms with Gasteiger partial charge in [0.15, 0.2) is 0 Å². The molecule has 4 nitrogen and oxygen atoms in total. The van der Waals surface area contributed by atoms with Gasteiger partial charge in [0.2, 0.25) is 0 Å². The van der Waals surface area contributed by atoms with Gasteiger partial charge in [-0.05, 0) is 44.0 Å². The number of nitrogen functional groups attached to an aromatic ring is 1. The van der Waals surface area contributed by atoms with Crippen LogP contribution in [0.3, 0.4) is 0 Å². The van der Waals surface area contributed by atoms with E-state index in [1.165, 1.54) is 16.8 Å². The van der Waals surface area contributed by atoms with Crippen molar-refractivity contribution in [1.29, 1.82) is 0 Å². The second kappa shape index (κ2) is 4.91. The molecular formula is C14H18FN3O. The fourth-order valence-electron chi connectivity index (χ4n) is 2.41. The van der Waals surface area contributed by atoms with Gasteiger partial charge in [-0.1, -0.05) is 6.92 Å². The van der Waals surface area contributed by atoms with Crippen LogP contribution in [-0.4, -0.2) is 9.36 Å². The van der Waals surface area contributed by atoms with Crippen LogP contribution in [0.4, 0.5) is 10.1 Å². The van der Waals surface area contributed by atoms with Gasteiger partial charge in [-0.2, -0.15) is 0 Å². The Morgan fingerprint density at radius 2 is 2.00 bits per heavy atom. The third-order valence-corrected chi connectivity index (χ3v) is 3.31. The number of hydrogen-bond acceptors (Lipinski definition) is 2. The van der Waals surface area contributed by atoms with Crippen LogP contribution in [0.5, 0.6) is 0 Å². The van der Waals surface area contributed by atoms with Crippen molar-refractivity contribution in [2.24, 2.45) is 0 Å². The van der Waals surface area contributed by atoms with E-state index in [4.69, 9.17) is 5.73 Å². The van der Waals surface area contributed by atoms with Crippen LogP contribution in [0.15, 0.2) is 23.0 Å². The summed E-state index contributed by atoms with van der Waals surface area (Å²) in [5.74, 6) is -0.312. The molecule has 0 unspecified atom stereocenters. The number of aryl methyl sites for hydroxylation is 1. The molecule has 19 heavy (non-hydrogen) atoms. The van der Waals surface area contributed by atoms with E-state index in [-0.39, 0.29) is 17.1 Å². The molecule has 0 spiro atoms. The summed E-state index contributed by atoms with van der Waals surface area (Å²) in [6, 6.07) is 4.37. The van der Waals surface area contributed by atoms with Crippen LogP contribution in [0, 0.1) is 12.7 Å². The van der Waals surface area contributed by atoms with Gasteiger partial charge in [0, 0.05) is 6.54 Å². The number of hydrogen-bond donors (Lipinski definition) is 1. The Morgan fingerprint density at radius 3 is 2.53 bits per heavy atom. The Kier molecular flexibility index (Phi) is 3.46. The molecule has 1 aromatic carbocycles. The predicted octanol–water partition coefficient (Wildman–Crippen LogP) is 2.25. The van der Waals surface area contributed by atoms with Crippen LogP contribution in [0.2, 0.25) is 0 Å². The normalized spacial score (nSPS) is 10.9. The van der Waals surface area contributed by atoms with Gasteiger partial charge in [0.25, 0.3) is 5.56 Å². The highest BCUT2D eigenvalue weighted by Gasteiger charge is 2.17. The van der Waals surface area contributed by atoms with Gasteiger partial charge < -0.3 is 5.73 Å². The first-order valence-electron chi connectivity index (χ1n) is 6.37. The maximum atomic E-state index is 13.2. The molecule has 1 heterocycles. The molecule has 0 radical (unpaired) electrons. The van der Waals surface area contributed by atoms with Crippen LogP contribution in [0.25, 0.3) is 5.69 Å². The van der Waals surface area contributed by atoms with Crippen molar-refractivity contribution in [3.8, 4) is 5.69 Å². The molecule has 0 atom stereocenters. The Morgan fingerprint density at radius 1 is 1.32 bits per heavy atom. The van der Waals surface area contributed by atoms with E-state index in [9.17, 15) is 9.18 Å². The molecule has 0 aliphatic rings. The second-order valence-electron chi connectivity index (χ2n) is 4.48. The Labute approximate surface area is 111 Å². The molecule has 0 fully saturated rings. The SMILES string of the molecule is CCc1c(N)c(=O)n(-c2ccc(F)cc2C)n1CC. The number of nitrogens with two attached hydrogens (primary N) is 1. The Bertz CT molecular complexity index is 670. The lowest BCUT2D eigenvalue weighted by Crippen LogP contribution is -2.23. The highest BCUT2D eigenvalue weighted by Crippen LogP contribution is 2.18. The largest absolute Gasteiger partial charge is 0.393 e. The molecule has 0 saturated carbocycles. The Balaban J connectivity index is 2.78. The minimum atomic E-state index is -0.312. The van der Waals surface area contributed by atoms with Gasteiger partial charge in [-0.15, -0.1) is 0 Å². The van der Waals surface area contributed by atoms with E-state index in [0.29, 0.717) is 24.2 Å². The summed E-state index contributed by atoms with van der Waals surface area (Å²) >= 11 is 0. The smallest absolute Gasteiger partial charge is 0.294 e. The number of anilines is 1. The molecule has 0 aliphatic heterocycles. The minimum Gasteiger partial charge on any atom is -0.393 e. The first kappa shape index (κ1) is 13.4. The molecular weight excluding hydrogens is 245 g/mol. The average molecular weight is 263 g/mol. The van der Waals surface area contributed by atoms with E-state index >= 15 is 0 Å². The topological polar surface area (TPSA) is 53.0 Å². The summed E-state index contributed by atoms with van der Waals surface area (Å²) in [6.07, 6.45) is 0.683. The first-order chi connectivity index (χ1) is 9.01. The lowest BCUT2D eigenvalue weighted by Gasteiger charge is -2.14. The summed E-state index contributed by atoms with van der Waals surface area (Å²) in [7, 11) is 0. The fraction of sp³-hybridized carbons (Fsp3) is 0.357. The third kappa shape index (κ3) is 2.05. The highest BCUT2D eigenvalue weighted by atomic mass is 19.1. The van der Waals surface area contributed by atoms with E-state index in [2.05, 4.69) is 0 Å². The molecule has 0 bridgehead atoms. The summed E-state index contributed by atoms with van der Waals surface area (Å²) in [5, 5.41) is 0. The van der Waals surface area contributed by atoms with Crippen molar-refractivity contribution in [1.82, 2.24) is 9.36 Å². The minimum absolute atomic E-state index is 0.242. The average Bonchev–Trinajstić information content (AvgIpc) is 2.62. The molecule has 0 saturated heterocycles. The molecule has 0 aliphatic carbocycles. The first-order valence-corrected chi connectivity index (χ1v) is 6.37. The van der Waals surface area contributed by atoms with Gasteiger partial charge in [0.1, 0.15) is 11.5 Å². The quantitative estimate of drug-likeness (QED) is 0.923. The van der Waals surface area contributed by atoms with Crippen LogP contribution in [-0.2, 0) is 13.0 Å².